The third-order valence-electron chi connectivity index (χ3n) is 5.77. The van der Waals surface area contributed by atoms with Crippen LogP contribution in [0.1, 0.15) is 24.4 Å². The number of halogens is 1. The van der Waals surface area contributed by atoms with Gasteiger partial charge >= 0.3 is 5.76 Å². The summed E-state index contributed by atoms with van der Waals surface area (Å²) in [5.74, 6) is -0.258. The Labute approximate surface area is 171 Å². The first-order valence-electron chi connectivity index (χ1n) is 9.73. The molecule has 29 heavy (non-hydrogen) atoms. The van der Waals surface area contributed by atoms with E-state index >= 15 is 0 Å². The topological polar surface area (TPSA) is 71.2 Å². The highest BCUT2D eigenvalue weighted by molar-refractivity contribution is 6.31. The predicted molar refractivity (Wildman–Crippen MR) is 112 cm³/mol. The fourth-order valence-electron chi connectivity index (χ4n) is 4.28. The zero-order chi connectivity index (χ0) is 20.0. The summed E-state index contributed by atoms with van der Waals surface area (Å²) < 4.78 is 7.04. The van der Waals surface area contributed by atoms with E-state index in [4.69, 9.17) is 16.0 Å². The molecule has 2 aromatic carbocycles. The molecule has 0 saturated carbocycles. The fourth-order valence-corrected chi connectivity index (χ4v) is 4.44. The minimum absolute atomic E-state index is 0.000597. The van der Waals surface area contributed by atoms with Gasteiger partial charge < -0.3 is 14.3 Å². The number of benzene rings is 2. The highest BCUT2D eigenvalue weighted by Crippen LogP contribution is 2.28. The number of aromatic nitrogens is 2. The number of likely N-dealkylation sites (tertiary alicyclic amines) is 1. The molecule has 0 radical (unpaired) electrons. The van der Waals surface area contributed by atoms with Crippen LogP contribution in [-0.2, 0) is 11.2 Å². The molecule has 2 aromatic heterocycles. The summed E-state index contributed by atoms with van der Waals surface area (Å²) >= 11 is 6.10. The van der Waals surface area contributed by atoms with Crippen LogP contribution < -0.4 is 5.76 Å². The molecule has 7 heteroatoms. The molecule has 0 atom stereocenters. The van der Waals surface area contributed by atoms with Crippen LogP contribution >= 0.6 is 11.6 Å². The van der Waals surface area contributed by atoms with Gasteiger partial charge in [0, 0.05) is 41.3 Å². The van der Waals surface area contributed by atoms with Crippen molar-refractivity contribution >= 4 is 39.5 Å². The second kappa shape index (κ2) is 7.12. The monoisotopic (exact) mass is 409 g/mol. The Kier molecular flexibility index (Phi) is 4.43. The average molecular weight is 410 g/mol. The molecule has 6 nitrogen and oxygen atoms in total. The van der Waals surface area contributed by atoms with Crippen LogP contribution in [0.2, 0.25) is 5.02 Å². The van der Waals surface area contributed by atoms with Gasteiger partial charge in [-0.3, -0.25) is 9.36 Å². The standard InChI is InChI=1S/C22H20ClN3O3/c23-15-5-6-20-19(12-15)26(22(28)29-20)16-7-9-25(10-8-16)21(27)11-14-13-24-18-4-2-1-3-17(14)18/h1-6,12-13,16,24H,7-11H2. The molecule has 3 heterocycles. The number of hydrogen-bond acceptors (Lipinski definition) is 3. The third-order valence-corrected chi connectivity index (χ3v) is 6.01. The second-order valence-corrected chi connectivity index (χ2v) is 7.93. The third kappa shape index (κ3) is 3.23. The maximum atomic E-state index is 12.8. The largest absolute Gasteiger partial charge is 0.420 e. The van der Waals surface area contributed by atoms with Gasteiger partial charge in [0.1, 0.15) is 0 Å². The number of carbonyl (C=O) groups excluding carboxylic acids is 1. The molecule has 0 aliphatic carbocycles. The van der Waals surface area contributed by atoms with E-state index in [1.54, 1.807) is 22.8 Å². The number of carbonyl (C=O) groups is 1. The van der Waals surface area contributed by atoms with Crippen molar-refractivity contribution in [2.45, 2.75) is 25.3 Å². The lowest BCUT2D eigenvalue weighted by Gasteiger charge is -2.32. The van der Waals surface area contributed by atoms with Crippen LogP contribution in [0.4, 0.5) is 0 Å². The van der Waals surface area contributed by atoms with Crippen LogP contribution in [-0.4, -0.2) is 33.4 Å². The van der Waals surface area contributed by atoms with Crippen LogP contribution in [0.3, 0.4) is 0 Å². The number of piperidine rings is 1. The molecule has 1 fully saturated rings. The summed E-state index contributed by atoms with van der Waals surface area (Å²) in [4.78, 5) is 30.3. The molecule has 1 amide bonds. The van der Waals surface area contributed by atoms with Crippen LogP contribution in [0.15, 0.2) is 57.9 Å². The van der Waals surface area contributed by atoms with E-state index in [2.05, 4.69) is 4.98 Å². The Balaban J connectivity index is 1.30. The van der Waals surface area contributed by atoms with E-state index in [1.165, 1.54) is 0 Å². The number of oxazole rings is 1. The van der Waals surface area contributed by atoms with Crippen molar-refractivity contribution < 1.29 is 9.21 Å². The van der Waals surface area contributed by atoms with Crippen LogP contribution in [0.25, 0.3) is 22.0 Å². The van der Waals surface area contributed by atoms with Gasteiger partial charge in [-0.15, -0.1) is 0 Å². The zero-order valence-corrected chi connectivity index (χ0v) is 16.5. The first-order chi connectivity index (χ1) is 14.1. The van der Waals surface area contributed by atoms with Crippen molar-refractivity contribution in [3.63, 3.8) is 0 Å². The van der Waals surface area contributed by atoms with Crippen molar-refractivity contribution in [3.05, 3.63) is 69.8 Å². The molecule has 1 saturated heterocycles. The fraction of sp³-hybridized carbons (Fsp3) is 0.273. The summed E-state index contributed by atoms with van der Waals surface area (Å²) in [6.45, 7) is 1.23. The molecule has 1 aliphatic rings. The van der Waals surface area contributed by atoms with Crippen molar-refractivity contribution in [1.82, 2.24) is 14.5 Å². The van der Waals surface area contributed by atoms with Gasteiger partial charge in [-0.05, 0) is 42.7 Å². The average Bonchev–Trinajstić information content (AvgIpc) is 3.28. The predicted octanol–water partition coefficient (Wildman–Crippen LogP) is 4.14. The molecular weight excluding hydrogens is 390 g/mol. The van der Waals surface area contributed by atoms with Gasteiger partial charge in [-0.25, -0.2) is 4.79 Å². The number of nitrogens with zero attached hydrogens (tertiary/aromatic N) is 2. The van der Waals surface area contributed by atoms with E-state index in [0.29, 0.717) is 48.5 Å². The summed E-state index contributed by atoms with van der Waals surface area (Å²) in [5.41, 5.74) is 3.31. The van der Waals surface area contributed by atoms with Crippen LogP contribution in [0, 0.1) is 0 Å². The van der Waals surface area contributed by atoms with Gasteiger partial charge in [-0.1, -0.05) is 29.8 Å². The van der Waals surface area contributed by atoms with Crippen molar-refractivity contribution in [2.24, 2.45) is 0 Å². The molecule has 0 spiro atoms. The van der Waals surface area contributed by atoms with Gasteiger partial charge in [0.05, 0.1) is 11.9 Å². The molecule has 0 bridgehead atoms. The van der Waals surface area contributed by atoms with E-state index in [0.717, 1.165) is 16.5 Å². The minimum Gasteiger partial charge on any atom is -0.408 e. The minimum atomic E-state index is -0.370. The number of aromatic amines is 1. The van der Waals surface area contributed by atoms with Gasteiger partial charge in [0.25, 0.3) is 0 Å². The summed E-state index contributed by atoms with van der Waals surface area (Å²) in [7, 11) is 0. The summed E-state index contributed by atoms with van der Waals surface area (Å²) in [6, 6.07) is 13.2. The SMILES string of the molecule is O=C(Cc1c[nH]c2ccccc12)N1CCC(n2c(=O)oc3ccc(Cl)cc32)CC1. The number of nitrogens with one attached hydrogen (secondary N) is 1. The lowest BCUT2D eigenvalue weighted by Crippen LogP contribution is -2.41. The smallest absolute Gasteiger partial charge is 0.408 e. The molecule has 5 rings (SSSR count). The Bertz CT molecular complexity index is 1260. The lowest BCUT2D eigenvalue weighted by atomic mass is 10.0. The van der Waals surface area contributed by atoms with Gasteiger partial charge in [0.15, 0.2) is 5.58 Å². The number of para-hydroxylation sites is 1. The van der Waals surface area contributed by atoms with E-state index < -0.39 is 0 Å². The quantitative estimate of drug-likeness (QED) is 0.553. The molecule has 4 aromatic rings. The normalized spacial score (nSPS) is 15.4. The highest BCUT2D eigenvalue weighted by atomic mass is 35.5. The highest BCUT2D eigenvalue weighted by Gasteiger charge is 2.27. The number of amides is 1. The van der Waals surface area contributed by atoms with Gasteiger partial charge in [-0.2, -0.15) is 0 Å². The molecular formula is C22H20ClN3O3. The Morgan fingerprint density at radius 1 is 1.17 bits per heavy atom. The Morgan fingerprint density at radius 2 is 1.97 bits per heavy atom. The number of rotatable bonds is 3. The zero-order valence-electron chi connectivity index (χ0n) is 15.7. The van der Waals surface area contributed by atoms with Crippen LogP contribution in [0.5, 0.6) is 0 Å². The van der Waals surface area contributed by atoms with E-state index in [9.17, 15) is 9.59 Å². The maximum absolute atomic E-state index is 12.8. The summed E-state index contributed by atoms with van der Waals surface area (Å²) in [5, 5.41) is 1.66. The summed E-state index contributed by atoms with van der Waals surface area (Å²) in [6.07, 6.45) is 3.70. The number of H-pyrrole nitrogens is 1. The first kappa shape index (κ1) is 18.1. The maximum Gasteiger partial charge on any atom is 0.420 e. The van der Waals surface area contributed by atoms with E-state index in [-0.39, 0.29) is 17.7 Å². The Hall–Kier alpha value is -2.99. The second-order valence-electron chi connectivity index (χ2n) is 7.50. The first-order valence-corrected chi connectivity index (χ1v) is 10.1. The molecule has 1 aliphatic heterocycles. The van der Waals surface area contributed by atoms with Gasteiger partial charge in [0.2, 0.25) is 5.91 Å². The lowest BCUT2D eigenvalue weighted by molar-refractivity contribution is -0.131. The molecule has 148 valence electrons. The van der Waals surface area contributed by atoms with Crippen molar-refractivity contribution in [1.29, 1.82) is 0 Å². The van der Waals surface area contributed by atoms with Crippen molar-refractivity contribution in [2.75, 3.05) is 13.1 Å². The number of hydrogen-bond donors (Lipinski definition) is 1. The van der Waals surface area contributed by atoms with E-state index in [1.807, 2.05) is 35.4 Å². The molecule has 1 N–H and O–H groups in total. The number of fused-ring (bicyclic) bond motifs is 2. The van der Waals surface area contributed by atoms with Crippen molar-refractivity contribution in [3.8, 4) is 0 Å². The Morgan fingerprint density at radius 3 is 2.79 bits per heavy atom. The molecule has 0 unspecified atom stereocenters.